The quantitative estimate of drug-likeness (QED) is 0.161. The molecule has 0 aliphatic carbocycles. The van der Waals surface area contributed by atoms with Crippen LogP contribution in [0.25, 0.3) is 117 Å². The van der Waals surface area contributed by atoms with Crippen molar-refractivity contribution in [1.29, 1.82) is 0 Å². The van der Waals surface area contributed by atoms with Crippen molar-refractivity contribution in [3.63, 3.8) is 0 Å². The summed E-state index contributed by atoms with van der Waals surface area (Å²) < 4.78 is 8.82. The van der Waals surface area contributed by atoms with Crippen molar-refractivity contribution < 1.29 is 4.42 Å². The van der Waals surface area contributed by atoms with Crippen LogP contribution in [0.3, 0.4) is 0 Å². The van der Waals surface area contributed by atoms with Gasteiger partial charge in [-0.15, -0.1) is 0 Å². The van der Waals surface area contributed by atoms with Crippen LogP contribution in [0.1, 0.15) is 0 Å². The standard InChI is InChI=1S/C58H37N3O/c1-6-18-38(19-7-1)43-30-32-51-49(34-43)50-35-44(39-20-8-2-9-21-39)31-33-52(50)61(51)57-47(40-22-10-3-11-23-40)36-45(37-48(57)41-24-12-4-13-25-41)55-54(42-26-14-5-15-27-42)60-58-56(59-55)46-28-16-17-29-53(46)62-58/h1-37H. The van der Waals surface area contributed by atoms with Crippen LogP contribution in [0.15, 0.2) is 229 Å². The van der Waals surface area contributed by atoms with E-state index in [1.54, 1.807) is 0 Å². The number of hydrogen-bond donors (Lipinski definition) is 0. The van der Waals surface area contributed by atoms with Gasteiger partial charge in [-0.2, -0.15) is 0 Å². The van der Waals surface area contributed by atoms with Gasteiger partial charge in [0, 0.05) is 38.4 Å². The van der Waals surface area contributed by atoms with Gasteiger partial charge in [-0.25, -0.2) is 9.97 Å². The zero-order chi connectivity index (χ0) is 41.0. The van der Waals surface area contributed by atoms with Gasteiger partial charge in [0.1, 0.15) is 16.8 Å². The molecule has 0 fully saturated rings. The summed E-state index contributed by atoms with van der Waals surface area (Å²) in [6.45, 7) is 0. The minimum absolute atomic E-state index is 0.520. The van der Waals surface area contributed by atoms with Crippen molar-refractivity contribution in [2.24, 2.45) is 0 Å². The molecule has 4 heteroatoms. The van der Waals surface area contributed by atoms with E-state index in [4.69, 9.17) is 14.4 Å². The third kappa shape index (κ3) is 6.00. The second-order valence-electron chi connectivity index (χ2n) is 15.7. The number of fused-ring (bicyclic) bond motifs is 6. The normalized spacial score (nSPS) is 11.5. The lowest BCUT2D eigenvalue weighted by Gasteiger charge is -2.21. The van der Waals surface area contributed by atoms with Gasteiger partial charge in [0.25, 0.3) is 0 Å². The van der Waals surface area contributed by atoms with Gasteiger partial charge < -0.3 is 8.98 Å². The monoisotopic (exact) mass is 791 g/mol. The van der Waals surface area contributed by atoms with E-state index in [1.165, 1.54) is 33.0 Å². The maximum absolute atomic E-state index is 6.34. The van der Waals surface area contributed by atoms with E-state index >= 15 is 0 Å². The Labute approximate surface area is 358 Å². The third-order valence-corrected chi connectivity index (χ3v) is 12.0. The first-order chi connectivity index (χ1) is 30.7. The lowest BCUT2D eigenvalue weighted by atomic mass is 9.91. The number of rotatable bonds is 7. The highest BCUT2D eigenvalue weighted by molar-refractivity contribution is 6.13. The summed E-state index contributed by atoms with van der Waals surface area (Å²) in [7, 11) is 0. The Morgan fingerprint density at radius 1 is 0.323 bits per heavy atom. The van der Waals surface area contributed by atoms with Gasteiger partial charge in [0.05, 0.1) is 22.4 Å². The van der Waals surface area contributed by atoms with E-state index < -0.39 is 0 Å². The van der Waals surface area contributed by atoms with E-state index in [0.29, 0.717) is 5.71 Å². The van der Waals surface area contributed by atoms with Gasteiger partial charge in [-0.3, -0.25) is 0 Å². The van der Waals surface area contributed by atoms with Crippen LogP contribution in [0.4, 0.5) is 0 Å². The van der Waals surface area contributed by atoms with Gasteiger partial charge in [0.15, 0.2) is 0 Å². The molecule has 0 radical (unpaired) electrons. The van der Waals surface area contributed by atoms with Crippen LogP contribution >= 0.6 is 0 Å². The van der Waals surface area contributed by atoms with E-state index in [9.17, 15) is 0 Å². The molecule has 0 amide bonds. The lowest BCUT2D eigenvalue weighted by Crippen LogP contribution is -2.03. The lowest BCUT2D eigenvalue weighted by molar-refractivity contribution is 0.653. The second kappa shape index (κ2) is 14.7. The summed E-state index contributed by atoms with van der Waals surface area (Å²) in [6, 6.07) is 79.7. The number of aromatic nitrogens is 3. The number of furan rings is 1. The Bertz CT molecular complexity index is 3440. The Hall–Kier alpha value is -8.34. The molecule has 0 saturated carbocycles. The van der Waals surface area contributed by atoms with Crippen molar-refractivity contribution in [2.45, 2.75) is 0 Å². The molecule has 12 aromatic rings. The molecule has 3 heterocycles. The zero-order valence-electron chi connectivity index (χ0n) is 33.6. The molecule has 0 bridgehead atoms. The highest BCUT2D eigenvalue weighted by Crippen LogP contribution is 2.46. The van der Waals surface area contributed by atoms with Crippen molar-refractivity contribution in [2.75, 3.05) is 0 Å². The average Bonchev–Trinajstić information content (AvgIpc) is 3.89. The molecule has 290 valence electrons. The Morgan fingerprint density at radius 2 is 0.758 bits per heavy atom. The first kappa shape index (κ1) is 35.6. The van der Waals surface area contributed by atoms with E-state index in [-0.39, 0.29) is 0 Å². The summed E-state index contributed by atoms with van der Waals surface area (Å²) in [5.41, 5.74) is 18.0. The Balaban J connectivity index is 1.21. The van der Waals surface area contributed by atoms with E-state index in [1.807, 2.05) is 36.4 Å². The van der Waals surface area contributed by atoms with Crippen LogP contribution in [0.5, 0.6) is 0 Å². The van der Waals surface area contributed by atoms with Gasteiger partial charge >= 0.3 is 0 Å². The molecule has 0 N–H and O–H groups in total. The molecule has 0 saturated heterocycles. The maximum atomic E-state index is 6.34. The summed E-state index contributed by atoms with van der Waals surface area (Å²) in [5.74, 6) is 0. The molecular weight excluding hydrogens is 755 g/mol. The predicted molar refractivity (Wildman–Crippen MR) is 256 cm³/mol. The SMILES string of the molecule is c1ccc(-c2ccc3c(c2)c2cc(-c4ccccc4)ccc2n3-c2c(-c3ccccc3)cc(-c3nc4c(nc3-c3ccccc3)oc3ccccc34)cc2-c2ccccc2)cc1. The number of para-hydroxylation sites is 1. The number of hydrogen-bond acceptors (Lipinski definition) is 3. The molecule has 12 rings (SSSR count). The van der Waals surface area contributed by atoms with Crippen LogP contribution in [-0.4, -0.2) is 14.5 Å². The summed E-state index contributed by atoms with van der Waals surface area (Å²) in [5, 5.41) is 3.32. The van der Waals surface area contributed by atoms with Crippen LogP contribution in [-0.2, 0) is 0 Å². The Kier molecular flexibility index (Phi) is 8.46. The average molecular weight is 792 g/mol. The van der Waals surface area contributed by atoms with Gasteiger partial charge in [-0.05, 0) is 81.9 Å². The van der Waals surface area contributed by atoms with Gasteiger partial charge in [-0.1, -0.05) is 176 Å². The maximum Gasteiger partial charge on any atom is 0.246 e. The summed E-state index contributed by atoms with van der Waals surface area (Å²) in [6.07, 6.45) is 0. The number of nitrogens with zero attached hydrogens (tertiary/aromatic N) is 3. The molecule has 3 aromatic heterocycles. The number of benzene rings is 9. The molecule has 0 aliphatic heterocycles. The fraction of sp³-hybridized carbons (Fsp3) is 0. The van der Waals surface area contributed by atoms with Crippen LogP contribution < -0.4 is 0 Å². The molecule has 9 aromatic carbocycles. The molecule has 62 heavy (non-hydrogen) atoms. The largest absolute Gasteiger partial charge is 0.436 e. The Morgan fingerprint density at radius 3 is 1.27 bits per heavy atom. The molecular formula is C58H37N3O. The predicted octanol–water partition coefficient (Wildman–Crippen LogP) is 15.5. The van der Waals surface area contributed by atoms with Crippen molar-refractivity contribution in [3.8, 4) is 72.7 Å². The highest BCUT2D eigenvalue weighted by Gasteiger charge is 2.25. The summed E-state index contributed by atoms with van der Waals surface area (Å²) >= 11 is 0. The van der Waals surface area contributed by atoms with Crippen molar-refractivity contribution in [1.82, 2.24) is 14.5 Å². The molecule has 0 unspecified atom stereocenters. The fourth-order valence-corrected chi connectivity index (χ4v) is 9.09. The highest BCUT2D eigenvalue weighted by atomic mass is 16.3. The molecule has 0 aliphatic rings. The van der Waals surface area contributed by atoms with E-state index in [0.717, 1.165) is 78.0 Å². The molecule has 4 nitrogen and oxygen atoms in total. The van der Waals surface area contributed by atoms with Crippen molar-refractivity contribution >= 4 is 44.0 Å². The first-order valence-electron chi connectivity index (χ1n) is 21.0. The fourth-order valence-electron chi connectivity index (χ4n) is 9.09. The minimum Gasteiger partial charge on any atom is -0.436 e. The smallest absolute Gasteiger partial charge is 0.246 e. The third-order valence-electron chi connectivity index (χ3n) is 12.0. The van der Waals surface area contributed by atoms with Crippen molar-refractivity contribution in [3.05, 3.63) is 224 Å². The first-order valence-corrected chi connectivity index (χ1v) is 21.0. The molecule has 0 spiro atoms. The molecule has 0 atom stereocenters. The topological polar surface area (TPSA) is 43.9 Å². The minimum atomic E-state index is 0.520. The zero-order valence-corrected chi connectivity index (χ0v) is 33.6. The van der Waals surface area contributed by atoms with E-state index in [2.05, 4.69) is 193 Å². The van der Waals surface area contributed by atoms with Crippen LogP contribution in [0, 0.1) is 0 Å². The van der Waals surface area contributed by atoms with Gasteiger partial charge in [0.2, 0.25) is 5.71 Å². The summed E-state index contributed by atoms with van der Waals surface area (Å²) in [4.78, 5) is 10.7. The van der Waals surface area contributed by atoms with Crippen LogP contribution in [0.2, 0.25) is 0 Å². The second-order valence-corrected chi connectivity index (χ2v) is 15.7.